The molecule has 1 aliphatic heterocycles. The number of allylic oxidation sites excluding steroid dienone is 2. The first-order chi connectivity index (χ1) is 8.77. The highest BCUT2D eigenvalue weighted by atomic mass is 16.5. The number of hydrogen-bond acceptors (Lipinski definition) is 4. The zero-order chi connectivity index (χ0) is 14.6. The zero-order valence-corrected chi connectivity index (χ0v) is 12.5. The molecule has 0 bridgehead atoms. The van der Waals surface area contributed by atoms with E-state index >= 15 is 0 Å². The zero-order valence-electron chi connectivity index (χ0n) is 12.5. The van der Waals surface area contributed by atoms with Crippen molar-refractivity contribution >= 4 is 11.8 Å². The fourth-order valence-electron chi connectivity index (χ4n) is 2.09. The van der Waals surface area contributed by atoms with E-state index in [9.17, 15) is 9.59 Å². The predicted molar refractivity (Wildman–Crippen MR) is 72.5 cm³/mol. The summed E-state index contributed by atoms with van der Waals surface area (Å²) < 4.78 is 10.3. The third-order valence-corrected chi connectivity index (χ3v) is 3.23. The highest BCUT2D eigenvalue weighted by Gasteiger charge is 2.31. The molecule has 1 heterocycles. The second-order valence-corrected chi connectivity index (χ2v) is 6.09. The van der Waals surface area contributed by atoms with Crippen molar-refractivity contribution in [2.75, 3.05) is 13.7 Å². The molecule has 4 nitrogen and oxygen atoms in total. The largest absolute Gasteiger partial charge is 0.490 e. The SMILES string of the molecule is COC(=O)C(C)CC1=C(C(=O)C(C)(C)C)OCCC1. The number of rotatable bonds is 4. The minimum atomic E-state index is -0.466. The van der Waals surface area contributed by atoms with Gasteiger partial charge >= 0.3 is 5.97 Å². The Morgan fingerprint density at radius 3 is 2.53 bits per heavy atom. The molecule has 0 saturated heterocycles. The lowest BCUT2D eigenvalue weighted by Gasteiger charge is -2.26. The van der Waals surface area contributed by atoms with Gasteiger partial charge in [-0.25, -0.2) is 0 Å². The molecule has 0 aliphatic carbocycles. The first kappa shape index (κ1) is 15.7. The lowest BCUT2D eigenvalue weighted by Crippen LogP contribution is -2.27. The lowest BCUT2D eigenvalue weighted by molar-refractivity contribution is -0.144. The molecular formula is C15H24O4. The minimum Gasteiger partial charge on any atom is -0.490 e. The Hall–Kier alpha value is -1.32. The van der Waals surface area contributed by atoms with E-state index in [0.29, 0.717) is 18.8 Å². The fraction of sp³-hybridized carbons (Fsp3) is 0.733. The number of hydrogen-bond donors (Lipinski definition) is 0. The molecule has 0 spiro atoms. The van der Waals surface area contributed by atoms with Crippen LogP contribution in [0.5, 0.6) is 0 Å². The Kier molecular flexibility index (Phi) is 5.15. The average molecular weight is 268 g/mol. The van der Waals surface area contributed by atoms with E-state index in [-0.39, 0.29) is 17.7 Å². The standard InChI is InChI=1S/C15H24O4/c1-10(14(17)18-5)9-11-7-6-8-19-12(11)13(16)15(2,3)4/h10H,6-9H2,1-5H3. The quantitative estimate of drug-likeness (QED) is 0.736. The number of methoxy groups -OCH3 is 1. The van der Waals surface area contributed by atoms with E-state index < -0.39 is 5.41 Å². The fourth-order valence-corrected chi connectivity index (χ4v) is 2.09. The molecule has 0 N–H and O–H groups in total. The van der Waals surface area contributed by atoms with E-state index in [0.717, 1.165) is 18.4 Å². The van der Waals surface area contributed by atoms with E-state index in [1.165, 1.54) is 7.11 Å². The van der Waals surface area contributed by atoms with Gasteiger partial charge in [-0.15, -0.1) is 0 Å². The molecule has 1 unspecified atom stereocenters. The van der Waals surface area contributed by atoms with Crippen LogP contribution in [0.2, 0.25) is 0 Å². The van der Waals surface area contributed by atoms with Crippen LogP contribution in [0.3, 0.4) is 0 Å². The van der Waals surface area contributed by atoms with Crippen molar-refractivity contribution in [2.45, 2.75) is 47.0 Å². The molecule has 0 aromatic carbocycles. The van der Waals surface area contributed by atoms with Crippen LogP contribution in [-0.4, -0.2) is 25.5 Å². The predicted octanol–water partition coefficient (Wildman–Crippen LogP) is 2.87. The van der Waals surface area contributed by atoms with Gasteiger partial charge in [-0.2, -0.15) is 0 Å². The number of ether oxygens (including phenoxy) is 2. The maximum absolute atomic E-state index is 12.4. The van der Waals surface area contributed by atoms with Crippen molar-refractivity contribution in [3.63, 3.8) is 0 Å². The summed E-state index contributed by atoms with van der Waals surface area (Å²) in [6, 6.07) is 0. The Bertz CT molecular complexity index is 387. The molecule has 0 aromatic rings. The van der Waals surface area contributed by atoms with E-state index in [1.54, 1.807) is 0 Å². The average Bonchev–Trinajstić information content (AvgIpc) is 2.36. The summed E-state index contributed by atoms with van der Waals surface area (Å²) >= 11 is 0. The van der Waals surface area contributed by atoms with Crippen LogP contribution in [0, 0.1) is 11.3 Å². The van der Waals surface area contributed by atoms with Crippen molar-refractivity contribution in [2.24, 2.45) is 11.3 Å². The number of ketones is 1. The van der Waals surface area contributed by atoms with Gasteiger partial charge in [0.2, 0.25) is 5.78 Å². The summed E-state index contributed by atoms with van der Waals surface area (Å²) in [4.78, 5) is 23.8. The van der Waals surface area contributed by atoms with Gasteiger partial charge in [0.1, 0.15) is 0 Å². The molecule has 4 heteroatoms. The van der Waals surface area contributed by atoms with Crippen molar-refractivity contribution in [3.8, 4) is 0 Å². The molecule has 1 aliphatic rings. The molecule has 108 valence electrons. The molecule has 0 fully saturated rings. The minimum absolute atomic E-state index is 0.0132. The molecule has 0 aromatic heterocycles. The number of esters is 1. The monoisotopic (exact) mass is 268 g/mol. The van der Waals surface area contributed by atoms with Gasteiger partial charge in [-0.1, -0.05) is 27.7 Å². The summed E-state index contributed by atoms with van der Waals surface area (Å²) in [5.41, 5.74) is 0.482. The van der Waals surface area contributed by atoms with Gasteiger partial charge in [-0.05, 0) is 24.8 Å². The Balaban J connectivity index is 2.94. The summed E-state index contributed by atoms with van der Waals surface area (Å²) in [6.07, 6.45) is 2.24. The van der Waals surface area contributed by atoms with Gasteiger partial charge in [0.05, 0.1) is 19.6 Å². The molecule has 0 radical (unpaired) electrons. The summed E-state index contributed by atoms with van der Waals surface area (Å²) in [6.45, 7) is 8.02. The second-order valence-electron chi connectivity index (χ2n) is 6.09. The maximum Gasteiger partial charge on any atom is 0.308 e. The Labute approximate surface area is 115 Å². The van der Waals surface area contributed by atoms with Crippen molar-refractivity contribution < 1.29 is 19.1 Å². The van der Waals surface area contributed by atoms with Crippen LogP contribution in [0.25, 0.3) is 0 Å². The van der Waals surface area contributed by atoms with Crippen molar-refractivity contribution in [1.29, 1.82) is 0 Å². The lowest BCUT2D eigenvalue weighted by atomic mass is 9.85. The van der Waals surface area contributed by atoms with E-state index in [2.05, 4.69) is 0 Å². The van der Waals surface area contributed by atoms with Gasteiger partial charge < -0.3 is 9.47 Å². The normalized spacial score (nSPS) is 17.7. The van der Waals surface area contributed by atoms with Gasteiger partial charge in [0.25, 0.3) is 0 Å². The van der Waals surface area contributed by atoms with Crippen molar-refractivity contribution in [1.82, 2.24) is 0 Å². The Morgan fingerprint density at radius 1 is 1.37 bits per heavy atom. The van der Waals surface area contributed by atoms with Crippen LogP contribution in [-0.2, 0) is 19.1 Å². The van der Waals surface area contributed by atoms with Crippen LogP contribution < -0.4 is 0 Å². The van der Waals surface area contributed by atoms with Crippen LogP contribution in [0.15, 0.2) is 11.3 Å². The van der Waals surface area contributed by atoms with Gasteiger partial charge in [-0.3, -0.25) is 9.59 Å². The smallest absolute Gasteiger partial charge is 0.308 e. The third kappa shape index (κ3) is 4.08. The number of Topliss-reactive ketones (excluding diaryl/α,β-unsaturated/α-hetero) is 1. The summed E-state index contributed by atoms with van der Waals surface area (Å²) in [7, 11) is 1.38. The molecule has 1 atom stereocenters. The van der Waals surface area contributed by atoms with E-state index in [1.807, 2.05) is 27.7 Å². The number of carbonyl (C=O) groups is 2. The van der Waals surface area contributed by atoms with Crippen LogP contribution in [0.1, 0.15) is 47.0 Å². The maximum atomic E-state index is 12.4. The molecule has 19 heavy (non-hydrogen) atoms. The first-order valence-corrected chi connectivity index (χ1v) is 6.74. The first-order valence-electron chi connectivity index (χ1n) is 6.74. The molecule has 0 saturated carbocycles. The van der Waals surface area contributed by atoms with Crippen LogP contribution >= 0.6 is 0 Å². The highest BCUT2D eigenvalue weighted by molar-refractivity contribution is 5.98. The van der Waals surface area contributed by atoms with E-state index in [4.69, 9.17) is 9.47 Å². The summed E-state index contributed by atoms with van der Waals surface area (Å²) in [5.74, 6) is -0.0149. The van der Waals surface area contributed by atoms with Crippen molar-refractivity contribution in [3.05, 3.63) is 11.3 Å². The van der Waals surface area contributed by atoms with Gasteiger partial charge in [0, 0.05) is 5.41 Å². The number of carbonyl (C=O) groups excluding carboxylic acids is 2. The highest BCUT2D eigenvalue weighted by Crippen LogP contribution is 2.31. The third-order valence-electron chi connectivity index (χ3n) is 3.23. The molecular weight excluding hydrogens is 244 g/mol. The Morgan fingerprint density at radius 2 is 2.00 bits per heavy atom. The van der Waals surface area contributed by atoms with Crippen LogP contribution in [0.4, 0.5) is 0 Å². The molecule has 1 rings (SSSR count). The molecule has 0 amide bonds. The topological polar surface area (TPSA) is 52.6 Å². The van der Waals surface area contributed by atoms with Gasteiger partial charge in [0.15, 0.2) is 5.76 Å². The second kappa shape index (κ2) is 6.22. The summed E-state index contributed by atoms with van der Waals surface area (Å²) in [5, 5.41) is 0.